The summed E-state index contributed by atoms with van der Waals surface area (Å²) in [5.41, 5.74) is 1.28. The number of aliphatic carboxylic acids is 1. The van der Waals surface area contributed by atoms with Crippen LogP contribution in [0.5, 0.6) is 5.75 Å². The van der Waals surface area contributed by atoms with Gasteiger partial charge in [-0.3, -0.25) is 4.79 Å². The fraction of sp³-hybridized carbons (Fsp3) is 0.529. The summed E-state index contributed by atoms with van der Waals surface area (Å²) in [6, 6.07) is 6.28. The molecule has 0 bridgehead atoms. The molecule has 23 heavy (non-hydrogen) atoms. The topological polar surface area (TPSA) is 75.6 Å². The number of rotatable bonds is 8. The van der Waals surface area contributed by atoms with Crippen molar-refractivity contribution in [2.45, 2.75) is 45.1 Å². The van der Waals surface area contributed by atoms with Crippen LogP contribution in [0, 0.1) is 0 Å². The molecular formula is C17H24FNO4. The van der Waals surface area contributed by atoms with Crippen molar-refractivity contribution in [3.63, 3.8) is 0 Å². The first-order valence-electron chi connectivity index (χ1n) is 7.55. The van der Waals surface area contributed by atoms with Crippen LogP contribution in [0.15, 0.2) is 24.3 Å². The molecule has 1 aromatic carbocycles. The number of hydrogen-bond donors (Lipinski definition) is 2. The Hall–Kier alpha value is -2.11. The number of benzene rings is 1. The van der Waals surface area contributed by atoms with Crippen LogP contribution in [-0.2, 0) is 15.0 Å². The third kappa shape index (κ3) is 6.67. The lowest BCUT2D eigenvalue weighted by Gasteiger charge is -2.19. The standard InChI is InChI=1S/C17H24FNO4/c1-17(2,3)12-6-8-13(9-7-12)23-10-4-5-15(20)19-14(11-18)16(21)22/h6-9,14H,4-5,10-11H2,1-3H3,(H,19,20)(H,21,22). The summed E-state index contributed by atoms with van der Waals surface area (Å²) in [6.45, 7) is 5.59. The first-order valence-corrected chi connectivity index (χ1v) is 7.55. The summed E-state index contributed by atoms with van der Waals surface area (Å²) >= 11 is 0. The molecule has 5 nitrogen and oxygen atoms in total. The Kier molecular flexibility index (Phi) is 7.00. The van der Waals surface area contributed by atoms with E-state index in [2.05, 4.69) is 26.1 Å². The summed E-state index contributed by atoms with van der Waals surface area (Å²) in [5, 5.41) is 10.8. The van der Waals surface area contributed by atoms with Crippen molar-refractivity contribution in [2.24, 2.45) is 0 Å². The molecule has 0 aliphatic heterocycles. The fourth-order valence-electron chi connectivity index (χ4n) is 1.91. The van der Waals surface area contributed by atoms with Crippen LogP contribution >= 0.6 is 0 Å². The molecule has 0 saturated heterocycles. The van der Waals surface area contributed by atoms with Crippen LogP contribution < -0.4 is 10.1 Å². The van der Waals surface area contributed by atoms with E-state index in [0.29, 0.717) is 18.8 Å². The van der Waals surface area contributed by atoms with Crippen molar-refractivity contribution in [2.75, 3.05) is 13.3 Å². The molecule has 1 rings (SSSR count). The maximum Gasteiger partial charge on any atom is 0.328 e. The normalized spacial score (nSPS) is 12.5. The smallest absolute Gasteiger partial charge is 0.328 e. The van der Waals surface area contributed by atoms with E-state index in [1.54, 1.807) is 0 Å². The van der Waals surface area contributed by atoms with Crippen LogP contribution in [0.4, 0.5) is 4.39 Å². The largest absolute Gasteiger partial charge is 0.494 e. The van der Waals surface area contributed by atoms with Crippen molar-refractivity contribution in [1.82, 2.24) is 5.32 Å². The van der Waals surface area contributed by atoms with Crippen molar-refractivity contribution in [3.8, 4) is 5.75 Å². The fourth-order valence-corrected chi connectivity index (χ4v) is 1.91. The van der Waals surface area contributed by atoms with Gasteiger partial charge in [0.05, 0.1) is 6.61 Å². The van der Waals surface area contributed by atoms with Crippen LogP contribution in [-0.4, -0.2) is 36.3 Å². The van der Waals surface area contributed by atoms with Gasteiger partial charge in [-0.05, 0) is 29.5 Å². The molecule has 0 heterocycles. The first kappa shape index (κ1) is 18.9. The molecule has 0 spiro atoms. The highest BCUT2D eigenvalue weighted by molar-refractivity contribution is 5.83. The molecule has 6 heteroatoms. The number of carbonyl (C=O) groups excluding carboxylic acids is 1. The minimum Gasteiger partial charge on any atom is -0.494 e. The predicted octanol–water partition coefficient (Wildman–Crippen LogP) is 2.68. The highest BCUT2D eigenvalue weighted by atomic mass is 19.1. The number of alkyl halides is 1. The van der Waals surface area contributed by atoms with Gasteiger partial charge < -0.3 is 15.2 Å². The van der Waals surface area contributed by atoms with Crippen molar-refractivity contribution < 1.29 is 23.8 Å². The molecule has 2 N–H and O–H groups in total. The van der Waals surface area contributed by atoms with Crippen LogP contribution in [0.1, 0.15) is 39.2 Å². The molecular weight excluding hydrogens is 301 g/mol. The lowest BCUT2D eigenvalue weighted by Crippen LogP contribution is -2.42. The molecule has 0 aliphatic rings. The van der Waals surface area contributed by atoms with Gasteiger partial charge in [0.25, 0.3) is 0 Å². The zero-order valence-corrected chi connectivity index (χ0v) is 13.8. The average Bonchev–Trinajstić information content (AvgIpc) is 2.48. The predicted molar refractivity (Wildman–Crippen MR) is 85.4 cm³/mol. The summed E-state index contributed by atoms with van der Waals surface area (Å²) in [6.07, 6.45) is 0.509. The summed E-state index contributed by atoms with van der Waals surface area (Å²) in [5.74, 6) is -1.16. The van der Waals surface area contributed by atoms with Crippen LogP contribution in [0.2, 0.25) is 0 Å². The molecule has 0 radical (unpaired) electrons. The van der Waals surface area contributed by atoms with E-state index in [4.69, 9.17) is 9.84 Å². The molecule has 1 unspecified atom stereocenters. The number of halogens is 1. The Balaban J connectivity index is 2.32. The second-order valence-corrected chi connectivity index (χ2v) is 6.34. The van der Waals surface area contributed by atoms with E-state index < -0.39 is 24.6 Å². The number of hydrogen-bond acceptors (Lipinski definition) is 3. The van der Waals surface area contributed by atoms with Gasteiger partial charge in [-0.15, -0.1) is 0 Å². The Bertz CT molecular complexity index is 522. The number of carbonyl (C=O) groups is 2. The maximum atomic E-state index is 12.4. The third-order valence-corrected chi connectivity index (χ3v) is 3.32. The molecule has 0 aromatic heterocycles. The maximum absolute atomic E-state index is 12.4. The van der Waals surface area contributed by atoms with Crippen molar-refractivity contribution >= 4 is 11.9 Å². The van der Waals surface area contributed by atoms with E-state index in [9.17, 15) is 14.0 Å². The molecule has 0 fully saturated rings. The van der Waals surface area contributed by atoms with Gasteiger partial charge in [-0.25, -0.2) is 9.18 Å². The zero-order valence-electron chi connectivity index (χ0n) is 13.8. The summed E-state index contributed by atoms with van der Waals surface area (Å²) in [7, 11) is 0. The van der Waals surface area contributed by atoms with Gasteiger partial charge >= 0.3 is 5.97 Å². The van der Waals surface area contributed by atoms with Gasteiger partial charge in [0.15, 0.2) is 6.04 Å². The van der Waals surface area contributed by atoms with Crippen LogP contribution in [0.3, 0.4) is 0 Å². The Labute approximate surface area is 135 Å². The Morgan fingerprint density at radius 3 is 2.35 bits per heavy atom. The first-order chi connectivity index (χ1) is 10.7. The third-order valence-electron chi connectivity index (χ3n) is 3.32. The minimum absolute atomic E-state index is 0.0771. The number of carboxylic acids is 1. The summed E-state index contributed by atoms with van der Waals surface area (Å²) < 4.78 is 17.9. The summed E-state index contributed by atoms with van der Waals surface area (Å²) in [4.78, 5) is 22.1. The molecule has 1 atom stereocenters. The van der Waals surface area contributed by atoms with E-state index in [1.807, 2.05) is 24.3 Å². The second kappa shape index (κ2) is 8.50. The van der Waals surface area contributed by atoms with Crippen LogP contribution in [0.25, 0.3) is 0 Å². The minimum atomic E-state index is -1.48. The zero-order chi connectivity index (χ0) is 17.5. The van der Waals surface area contributed by atoms with E-state index in [0.717, 1.165) is 0 Å². The van der Waals surface area contributed by atoms with Gasteiger partial charge in [0.2, 0.25) is 5.91 Å². The van der Waals surface area contributed by atoms with Gasteiger partial charge in [0.1, 0.15) is 12.4 Å². The molecule has 0 saturated carbocycles. The monoisotopic (exact) mass is 325 g/mol. The van der Waals surface area contributed by atoms with Gasteiger partial charge in [-0.2, -0.15) is 0 Å². The van der Waals surface area contributed by atoms with Gasteiger partial charge in [-0.1, -0.05) is 32.9 Å². The quantitative estimate of drug-likeness (QED) is 0.721. The van der Waals surface area contributed by atoms with E-state index >= 15 is 0 Å². The second-order valence-electron chi connectivity index (χ2n) is 6.34. The molecule has 0 aliphatic carbocycles. The number of amides is 1. The lowest BCUT2D eigenvalue weighted by atomic mass is 9.87. The highest BCUT2D eigenvalue weighted by Gasteiger charge is 2.19. The SMILES string of the molecule is CC(C)(C)c1ccc(OCCCC(=O)NC(CF)C(=O)O)cc1. The Morgan fingerprint density at radius 1 is 1.26 bits per heavy atom. The number of nitrogens with one attached hydrogen (secondary N) is 1. The van der Waals surface area contributed by atoms with Crippen molar-refractivity contribution in [1.29, 1.82) is 0 Å². The lowest BCUT2D eigenvalue weighted by molar-refractivity contribution is -0.142. The number of ether oxygens (including phenoxy) is 1. The van der Waals surface area contributed by atoms with E-state index in [1.165, 1.54) is 5.56 Å². The molecule has 128 valence electrons. The Morgan fingerprint density at radius 2 is 1.87 bits per heavy atom. The van der Waals surface area contributed by atoms with Gasteiger partial charge in [0, 0.05) is 6.42 Å². The molecule has 1 aromatic rings. The average molecular weight is 325 g/mol. The highest BCUT2D eigenvalue weighted by Crippen LogP contribution is 2.24. The molecule has 1 amide bonds. The number of carboxylic acid groups (broad SMARTS) is 1. The van der Waals surface area contributed by atoms with E-state index in [-0.39, 0.29) is 11.8 Å². The van der Waals surface area contributed by atoms with Crippen molar-refractivity contribution in [3.05, 3.63) is 29.8 Å².